The van der Waals surface area contributed by atoms with Crippen LogP contribution < -0.4 is 5.73 Å². The van der Waals surface area contributed by atoms with Gasteiger partial charge in [0.1, 0.15) is 5.82 Å². The van der Waals surface area contributed by atoms with Crippen LogP contribution in [0.4, 0.5) is 5.82 Å². The third-order valence-corrected chi connectivity index (χ3v) is 3.96. The number of amides is 1. The highest BCUT2D eigenvalue weighted by molar-refractivity contribution is 5.94. The molecule has 3 rings (SSSR count). The van der Waals surface area contributed by atoms with Gasteiger partial charge in [-0.15, -0.1) is 0 Å². The largest absolute Gasteiger partial charge is 0.384 e. The van der Waals surface area contributed by atoms with Crippen molar-refractivity contribution in [2.24, 2.45) is 5.41 Å². The Bertz CT molecular complexity index is 444. The van der Waals surface area contributed by atoms with Crippen LogP contribution in [-0.4, -0.2) is 42.1 Å². The number of pyridine rings is 1. The van der Waals surface area contributed by atoms with Gasteiger partial charge in [0.15, 0.2) is 0 Å². The molecule has 0 aromatic carbocycles. The van der Waals surface area contributed by atoms with Gasteiger partial charge in [-0.05, 0) is 25.0 Å². The molecule has 1 amide bonds. The molecule has 0 aliphatic carbocycles. The van der Waals surface area contributed by atoms with Gasteiger partial charge in [-0.1, -0.05) is 0 Å². The van der Waals surface area contributed by atoms with Crippen molar-refractivity contribution in [3.63, 3.8) is 0 Å². The lowest BCUT2D eigenvalue weighted by atomic mass is 9.77. The second-order valence-corrected chi connectivity index (χ2v) is 5.26. The average molecular weight is 247 g/mol. The van der Waals surface area contributed by atoms with Gasteiger partial charge >= 0.3 is 0 Å². The van der Waals surface area contributed by atoms with E-state index in [-0.39, 0.29) is 5.91 Å². The van der Waals surface area contributed by atoms with Crippen LogP contribution in [0.15, 0.2) is 18.3 Å². The second-order valence-electron chi connectivity index (χ2n) is 5.26. The summed E-state index contributed by atoms with van der Waals surface area (Å²) in [5, 5.41) is 0. The molecule has 1 spiro atoms. The number of ether oxygens (including phenoxy) is 1. The summed E-state index contributed by atoms with van der Waals surface area (Å²) in [7, 11) is 0. The van der Waals surface area contributed by atoms with Crippen molar-refractivity contribution >= 4 is 11.7 Å². The topological polar surface area (TPSA) is 68.5 Å². The Balaban J connectivity index is 1.65. The second kappa shape index (κ2) is 4.24. The highest BCUT2D eigenvalue weighted by atomic mass is 16.5. The lowest BCUT2D eigenvalue weighted by Crippen LogP contribution is -2.52. The number of anilines is 1. The number of nitrogens with two attached hydrogens (primary N) is 1. The molecule has 96 valence electrons. The van der Waals surface area contributed by atoms with E-state index >= 15 is 0 Å². The van der Waals surface area contributed by atoms with E-state index in [1.165, 1.54) is 0 Å². The number of aromatic nitrogens is 1. The zero-order chi connectivity index (χ0) is 12.6. The van der Waals surface area contributed by atoms with Crippen LogP contribution in [0.1, 0.15) is 23.2 Å². The Hall–Kier alpha value is -1.62. The fourth-order valence-corrected chi connectivity index (χ4v) is 2.58. The Morgan fingerprint density at radius 2 is 2.06 bits per heavy atom. The minimum absolute atomic E-state index is 0.0533. The maximum absolute atomic E-state index is 12.2. The van der Waals surface area contributed by atoms with E-state index in [9.17, 15) is 4.79 Å². The predicted molar refractivity (Wildman–Crippen MR) is 67.0 cm³/mol. The molecule has 1 aromatic heterocycles. The molecule has 5 nitrogen and oxygen atoms in total. The first kappa shape index (κ1) is 11.5. The van der Waals surface area contributed by atoms with E-state index in [2.05, 4.69) is 4.98 Å². The third kappa shape index (κ3) is 1.95. The summed E-state index contributed by atoms with van der Waals surface area (Å²) in [6.07, 6.45) is 3.64. The van der Waals surface area contributed by atoms with Crippen molar-refractivity contribution in [3.8, 4) is 0 Å². The van der Waals surface area contributed by atoms with Crippen LogP contribution in [0, 0.1) is 5.41 Å². The number of likely N-dealkylation sites (tertiary alicyclic amines) is 1. The van der Waals surface area contributed by atoms with Crippen molar-refractivity contribution in [1.29, 1.82) is 0 Å². The predicted octanol–water partition coefficient (Wildman–Crippen LogP) is 0.916. The van der Waals surface area contributed by atoms with E-state index in [1.54, 1.807) is 18.3 Å². The SMILES string of the molecule is Nc1ccc(C(=O)N2CCC3(CC2)COC3)cn1. The van der Waals surface area contributed by atoms with Gasteiger partial charge in [0.25, 0.3) is 5.91 Å². The number of hydrogen-bond donors (Lipinski definition) is 1. The summed E-state index contributed by atoms with van der Waals surface area (Å²) in [5.74, 6) is 0.494. The normalized spacial score (nSPS) is 21.7. The molecule has 2 fully saturated rings. The fourth-order valence-electron chi connectivity index (χ4n) is 2.58. The van der Waals surface area contributed by atoms with E-state index in [4.69, 9.17) is 10.5 Å². The number of carbonyl (C=O) groups excluding carboxylic acids is 1. The molecule has 3 heterocycles. The summed E-state index contributed by atoms with van der Waals surface area (Å²) in [6, 6.07) is 3.40. The number of nitrogens with zero attached hydrogens (tertiary/aromatic N) is 2. The molecule has 18 heavy (non-hydrogen) atoms. The zero-order valence-corrected chi connectivity index (χ0v) is 10.3. The van der Waals surface area contributed by atoms with E-state index in [0.29, 0.717) is 16.8 Å². The molecule has 2 N–H and O–H groups in total. The molecule has 1 aromatic rings. The molecule has 2 aliphatic rings. The molecule has 0 atom stereocenters. The van der Waals surface area contributed by atoms with Gasteiger partial charge in [0, 0.05) is 24.7 Å². The quantitative estimate of drug-likeness (QED) is 0.801. The average Bonchev–Trinajstić information content (AvgIpc) is 2.37. The molecule has 0 unspecified atom stereocenters. The van der Waals surface area contributed by atoms with Gasteiger partial charge in [-0.25, -0.2) is 4.98 Å². The lowest BCUT2D eigenvalue weighted by Gasteiger charge is -2.47. The highest BCUT2D eigenvalue weighted by Crippen LogP contribution is 2.38. The Morgan fingerprint density at radius 3 is 2.56 bits per heavy atom. The molecule has 2 aliphatic heterocycles. The van der Waals surface area contributed by atoms with Crippen molar-refractivity contribution in [2.45, 2.75) is 12.8 Å². The van der Waals surface area contributed by atoms with Crippen LogP contribution in [-0.2, 0) is 4.74 Å². The van der Waals surface area contributed by atoms with Crippen LogP contribution in [0.5, 0.6) is 0 Å². The van der Waals surface area contributed by atoms with Crippen LogP contribution in [0.2, 0.25) is 0 Å². The Labute approximate surface area is 106 Å². The van der Waals surface area contributed by atoms with E-state index in [1.807, 2.05) is 4.90 Å². The molecule has 5 heteroatoms. The van der Waals surface area contributed by atoms with Gasteiger partial charge in [0.05, 0.1) is 18.8 Å². The van der Waals surface area contributed by atoms with Gasteiger partial charge in [-0.2, -0.15) is 0 Å². The monoisotopic (exact) mass is 247 g/mol. The number of nitrogen functional groups attached to an aromatic ring is 1. The first-order valence-corrected chi connectivity index (χ1v) is 6.27. The standard InChI is InChI=1S/C13H17N3O2/c14-11-2-1-10(7-15-11)12(17)16-5-3-13(4-6-16)8-18-9-13/h1-2,7H,3-6,8-9H2,(H2,14,15). The van der Waals surface area contributed by atoms with Gasteiger partial charge in [-0.3, -0.25) is 4.79 Å². The zero-order valence-electron chi connectivity index (χ0n) is 10.3. The lowest BCUT2D eigenvalue weighted by molar-refractivity contribution is -0.136. The minimum atomic E-state index is 0.0533. The fraction of sp³-hybridized carbons (Fsp3) is 0.538. The molecular weight excluding hydrogens is 230 g/mol. The van der Waals surface area contributed by atoms with E-state index in [0.717, 1.165) is 39.1 Å². The van der Waals surface area contributed by atoms with Gasteiger partial charge in [0.2, 0.25) is 0 Å². The molecular formula is C13H17N3O2. The minimum Gasteiger partial charge on any atom is -0.384 e. The van der Waals surface area contributed by atoms with Crippen molar-refractivity contribution in [3.05, 3.63) is 23.9 Å². The smallest absolute Gasteiger partial charge is 0.255 e. The maximum atomic E-state index is 12.2. The van der Waals surface area contributed by atoms with Crippen LogP contribution in [0.25, 0.3) is 0 Å². The Kier molecular flexibility index (Phi) is 2.70. The molecule has 0 bridgehead atoms. The summed E-state index contributed by atoms with van der Waals surface area (Å²) >= 11 is 0. The Morgan fingerprint density at radius 1 is 1.33 bits per heavy atom. The molecule has 0 saturated carbocycles. The molecule has 2 saturated heterocycles. The number of carbonyl (C=O) groups is 1. The van der Waals surface area contributed by atoms with Crippen LogP contribution in [0.3, 0.4) is 0 Å². The van der Waals surface area contributed by atoms with Crippen molar-refractivity contribution in [1.82, 2.24) is 9.88 Å². The van der Waals surface area contributed by atoms with Gasteiger partial charge < -0.3 is 15.4 Å². The summed E-state index contributed by atoms with van der Waals surface area (Å²) in [4.78, 5) is 18.1. The summed E-state index contributed by atoms with van der Waals surface area (Å²) in [5.41, 5.74) is 6.49. The van der Waals surface area contributed by atoms with Crippen LogP contribution >= 0.6 is 0 Å². The summed E-state index contributed by atoms with van der Waals surface area (Å²) in [6.45, 7) is 3.34. The van der Waals surface area contributed by atoms with Crippen molar-refractivity contribution in [2.75, 3.05) is 32.0 Å². The number of rotatable bonds is 1. The van der Waals surface area contributed by atoms with Crippen molar-refractivity contribution < 1.29 is 9.53 Å². The first-order chi connectivity index (χ1) is 8.69. The first-order valence-electron chi connectivity index (χ1n) is 6.27. The number of hydrogen-bond acceptors (Lipinski definition) is 4. The molecule has 0 radical (unpaired) electrons. The number of piperidine rings is 1. The maximum Gasteiger partial charge on any atom is 0.255 e. The third-order valence-electron chi connectivity index (χ3n) is 3.96. The highest BCUT2D eigenvalue weighted by Gasteiger charge is 2.42. The van der Waals surface area contributed by atoms with E-state index < -0.39 is 0 Å². The summed E-state index contributed by atoms with van der Waals surface area (Å²) < 4.78 is 5.28.